The van der Waals surface area contributed by atoms with E-state index in [4.69, 9.17) is 0 Å². The Bertz CT molecular complexity index is 995. The molecule has 1 aliphatic rings. The number of anilines is 2. The van der Waals surface area contributed by atoms with E-state index in [1.807, 2.05) is 33.0 Å². The zero-order valence-corrected chi connectivity index (χ0v) is 16.1. The lowest BCUT2D eigenvalue weighted by Gasteiger charge is -2.45. The van der Waals surface area contributed by atoms with E-state index in [-0.39, 0.29) is 6.04 Å². The maximum Gasteiger partial charge on any atom is 0.158 e. The summed E-state index contributed by atoms with van der Waals surface area (Å²) in [6.07, 6.45) is 3.63. The summed E-state index contributed by atoms with van der Waals surface area (Å²) in [6, 6.07) is 6.11. The Morgan fingerprint density at radius 3 is 2.67 bits per heavy atom. The maximum absolute atomic E-state index is 10.0. The van der Waals surface area contributed by atoms with Gasteiger partial charge in [-0.05, 0) is 45.4 Å². The predicted octanol–water partition coefficient (Wildman–Crippen LogP) is 2.78. The summed E-state index contributed by atoms with van der Waals surface area (Å²) in [7, 11) is 0. The van der Waals surface area contributed by atoms with Crippen molar-refractivity contribution in [1.82, 2.24) is 20.2 Å². The first-order valence-corrected chi connectivity index (χ1v) is 9.12. The van der Waals surface area contributed by atoms with Gasteiger partial charge in [0.1, 0.15) is 0 Å². The van der Waals surface area contributed by atoms with Gasteiger partial charge in [0.25, 0.3) is 0 Å². The molecule has 0 aliphatic carbocycles. The van der Waals surface area contributed by atoms with Crippen LogP contribution in [0.5, 0.6) is 0 Å². The minimum absolute atomic E-state index is 0.0345. The van der Waals surface area contributed by atoms with E-state index >= 15 is 0 Å². The molecule has 0 saturated carbocycles. The first kappa shape index (κ1) is 17.6. The van der Waals surface area contributed by atoms with Crippen LogP contribution in [0.15, 0.2) is 30.6 Å². The van der Waals surface area contributed by atoms with Crippen molar-refractivity contribution in [3.05, 3.63) is 47.5 Å². The fourth-order valence-electron chi connectivity index (χ4n) is 3.62. The minimum atomic E-state index is -0.630. The third-order valence-corrected chi connectivity index (χ3v) is 5.07. The molecule has 2 N–H and O–H groups in total. The van der Waals surface area contributed by atoms with Crippen LogP contribution in [-0.4, -0.2) is 44.0 Å². The van der Waals surface area contributed by atoms with Gasteiger partial charge in [0.2, 0.25) is 0 Å². The minimum Gasteiger partial charge on any atom is -0.386 e. The fourth-order valence-corrected chi connectivity index (χ4v) is 3.62. The Morgan fingerprint density at radius 1 is 1.19 bits per heavy atom. The van der Waals surface area contributed by atoms with Crippen molar-refractivity contribution in [3.63, 3.8) is 0 Å². The molecule has 7 nitrogen and oxygen atoms in total. The lowest BCUT2D eigenvalue weighted by molar-refractivity contribution is 0.0310. The van der Waals surface area contributed by atoms with Gasteiger partial charge >= 0.3 is 0 Å². The first-order valence-electron chi connectivity index (χ1n) is 9.12. The Balaban J connectivity index is 1.70. The highest BCUT2D eigenvalue weighted by Gasteiger charge is 2.36. The van der Waals surface area contributed by atoms with Crippen molar-refractivity contribution in [2.24, 2.45) is 0 Å². The lowest BCUT2D eigenvalue weighted by atomic mass is 9.96. The van der Waals surface area contributed by atoms with E-state index < -0.39 is 5.60 Å². The molecule has 1 aliphatic heterocycles. The largest absolute Gasteiger partial charge is 0.386 e. The Labute approximate surface area is 158 Å². The van der Waals surface area contributed by atoms with Crippen LogP contribution in [0, 0.1) is 13.8 Å². The number of nitrogens with zero attached hydrogens (tertiary/aromatic N) is 5. The molecule has 4 rings (SSSR count). The van der Waals surface area contributed by atoms with Gasteiger partial charge in [-0.2, -0.15) is 5.10 Å². The number of nitrogens with one attached hydrogen (secondary N) is 1. The Kier molecular flexibility index (Phi) is 4.19. The first-order chi connectivity index (χ1) is 12.8. The van der Waals surface area contributed by atoms with Gasteiger partial charge in [-0.15, -0.1) is 5.10 Å². The third kappa shape index (κ3) is 3.30. The SMILES string of the molecule is Cc1ncccc1[C@@H](C)Nc1nnc(C)c2ncc(N3CC(C)(O)C3)cc12. The van der Waals surface area contributed by atoms with E-state index in [1.54, 1.807) is 6.20 Å². The zero-order valence-electron chi connectivity index (χ0n) is 16.1. The molecule has 1 fully saturated rings. The van der Waals surface area contributed by atoms with Crippen LogP contribution in [0.3, 0.4) is 0 Å². The van der Waals surface area contributed by atoms with Crippen LogP contribution < -0.4 is 10.2 Å². The average molecular weight is 364 g/mol. The van der Waals surface area contributed by atoms with Crippen LogP contribution in [0.25, 0.3) is 10.9 Å². The summed E-state index contributed by atoms with van der Waals surface area (Å²) < 4.78 is 0. The molecule has 1 saturated heterocycles. The summed E-state index contributed by atoms with van der Waals surface area (Å²) in [6.45, 7) is 9.05. The van der Waals surface area contributed by atoms with Crippen LogP contribution in [-0.2, 0) is 0 Å². The molecule has 0 unspecified atom stereocenters. The predicted molar refractivity (Wildman–Crippen MR) is 106 cm³/mol. The Morgan fingerprint density at radius 2 is 1.96 bits per heavy atom. The molecule has 4 heterocycles. The highest BCUT2D eigenvalue weighted by molar-refractivity contribution is 5.92. The number of pyridine rings is 2. The van der Waals surface area contributed by atoms with Crippen molar-refractivity contribution < 1.29 is 5.11 Å². The summed E-state index contributed by atoms with van der Waals surface area (Å²) in [4.78, 5) is 11.1. The number of fused-ring (bicyclic) bond motifs is 1. The standard InChI is InChI=1S/C20H24N6O/c1-12-16(6-5-7-21-12)13(2)23-19-17-8-15(26-10-20(4,27)11-26)9-22-18(17)14(3)24-25-19/h5-9,13,27H,10-11H2,1-4H3,(H,23,25)/t13-/m1/s1. The molecular weight excluding hydrogens is 340 g/mol. The number of aryl methyl sites for hydroxylation is 2. The van der Waals surface area contributed by atoms with Gasteiger partial charge in [-0.3, -0.25) is 9.97 Å². The molecule has 0 bridgehead atoms. The quantitative estimate of drug-likeness (QED) is 0.736. The van der Waals surface area contributed by atoms with Gasteiger partial charge in [0.15, 0.2) is 5.82 Å². The van der Waals surface area contributed by atoms with E-state index in [2.05, 4.69) is 49.4 Å². The van der Waals surface area contributed by atoms with Crippen LogP contribution in [0.4, 0.5) is 11.5 Å². The van der Waals surface area contributed by atoms with Gasteiger partial charge in [-0.25, -0.2) is 0 Å². The molecule has 1 atom stereocenters. The molecule has 0 radical (unpaired) electrons. The van der Waals surface area contributed by atoms with Crippen molar-refractivity contribution in [2.75, 3.05) is 23.3 Å². The topological polar surface area (TPSA) is 87.1 Å². The summed E-state index contributed by atoms with van der Waals surface area (Å²) in [5.74, 6) is 0.702. The number of hydrogen-bond donors (Lipinski definition) is 2. The van der Waals surface area contributed by atoms with Gasteiger partial charge < -0.3 is 15.3 Å². The lowest BCUT2D eigenvalue weighted by Crippen LogP contribution is -2.60. The van der Waals surface area contributed by atoms with Gasteiger partial charge in [-0.1, -0.05) is 6.07 Å². The number of rotatable bonds is 4. The average Bonchev–Trinajstić information content (AvgIpc) is 2.62. The number of β-amino-alcohol motifs (C(OH)–C–C–N with tert-alkyl or cyclic N) is 1. The van der Waals surface area contributed by atoms with Gasteiger partial charge in [0, 0.05) is 30.4 Å². The molecule has 7 heteroatoms. The van der Waals surface area contributed by atoms with E-state index in [0.717, 1.165) is 33.5 Å². The van der Waals surface area contributed by atoms with Crippen LogP contribution in [0.1, 0.15) is 36.8 Å². The second-order valence-corrected chi connectivity index (χ2v) is 7.62. The number of aromatic nitrogens is 4. The third-order valence-electron chi connectivity index (χ3n) is 5.07. The molecule has 0 amide bonds. The highest BCUT2D eigenvalue weighted by atomic mass is 16.3. The van der Waals surface area contributed by atoms with Crippen LogP contribution in [0.2, 0.25) is 0 Å². The van der Waals surface area contributed by atoms with Crippen molar-refractivity contribution in [1.29, 1.82) is 0 Å². The van der Waals surface area contributed by atoms with E-state index in [9.17, 15) is 5.11 Å². The molecule has 3 aromatic heterocycles. The van der Waals surface area contributed by atoms with E-state index in [1.165, 1.54) is 0 Å². The second-order valence-electron chi connectivity index (χ2n) is 7.62. The molecule has 0 spiro atoms. The van der Waals surface area contributed by atoms with Crippen LogP contribution >= 0.6 is 0 Å². The smallest absolute Gasteiger partial charge is 0.158 e. The van der Waals surface area contributed by atoms with Crippen molar-refractivity contribution in [2.45, 2.75) is 39.3 Å². The normalized spacial score (nSPS) is 16.9. The fraction of sp³-hybridized carbons (Fsp3) is 0.400. The van der Waals surface area contributed by atoms with Crippen molar-refractivity contribution in [3.8, 4) is 0 Å². The molecule has 3 aromatic rings. The monoisotopic (exact) mass is 364 g/mol. The highest BCUT2D eigenvalue weighted by Crippen LogP contribution is 2.32. The second kappa shape index (κ2) is 6.42. The number of hydrogen-bond acceptors (Lipinski definition) is 7. The van der Waals surface area contributed by atoms with Crippen molar-refractivity contribution >= 4 is 22.4 Å². The summed E-state index contributed by atoms with van der Waals surface area (Å²) >= 11 is 0. The van der Waals surface area contributed by atoms with Gasteiger partial charge in [0.05, 0.1) is 34.7 Å². The molecule has 140 valence electrons. The zero-order chi connectivity index (χ0) is 19.2. The maximum atomic E-state index is 10.0. The summed E-state index contributed by atoms with van der Waals surface area (Å²) in [5.41, 5.74) is 4.09. The molecular formula is C20H24N6O. The molecule has 0 aromatic carbocycles. The summed E-state index contributed by atoms with van der Waals surface area (Å²) in [5, 5.41) is 23.1. The molecule has 27 heavy (non-hydrogen) atoms. The Hall–Kier alpha value is -2.80. The number of aliphatic hydroxyl groups is 1. The van der Waals surface area contributed by atoms with E-state index in [0.29, 0.717) is 18.9 Å².